The third-order valence-corrected chi connectivity index (χ3v) is 5.81. The molecule has 32 heavy (non-hydrogen) atoms. The highest BCUT2D eigenvalue weighted by molar-refractivity contribution is 5.76. The summed E-state index contributed by atoms with van der Waals surface area (Å²) < 4.78 is 5.59. The number of nitriles is 1. The molecule has 0 radical (unpaired) electrons. The first-order valence-corrected chi connectivity index (χ1v) is 10.8. The second-order valence-electron chi connectivity index (χ2n) is 7.95. The molecular formula is C25H27N5O2. The SMILES string of the molecule is Cc1noc2c1CCc1ccc(-c3cccc(C#N)c3)cc1CN=C(N)N(C)OCCC2. The van der Waals surface area contributed by atoms with Gasteiger partial charge in [0.1, 0.15) is 5.76 Å². The molecule has 0 aliphatic carbocycles. The van der Waals surface area contributed by atoms with Crippen molar-refractivity contribution in [3.63, 3.8) is 0 Å². The first kappa shape index (κ1) is 21.6. The Labute approximate surface area is 188 Å². The number of rotatable bonds is 1. The number of aliphatic imine (C=N–C) groups is 1. The van der Waals surface area contributed by atoms with Crippen LogP contribution in [-0.4, -0.2) is 29.8 Å². The highest BCUT2D eigenvalue weighted by atomic mass is 16.7. The van der Waals surface area contributed by atoms with E-state index in [0.29, 0.717) is 24.7 Å². The Kier molecular flexibility index (Phi) is 6.52. The van der Waals surface area contributed by atoms with Gasteiger partial charge in [-0.1, -0.05) is 29.4 Å². The first-order chi connectivity index (χ1) is 15.5. The zero-order chi connectivity index (χ0) is 22.5. The topological polar surface area (TPSA) is 101 Å². The van der Waals surface area contributed by atoms with E-state index in [9.17, 15) is 5.26 Å². The average Bonchev–Trinajstić information content (AvgIpc) is 3.17. The molecular weight excluding hydrogens is 402 g/mol. The van der Waals surface area contributed by atoms with Crippen molar-refractivity contribution >= 4 is 5.96 Å². The number of hydrogen-bond acceptors (Lipinski definition) is 7. The highest BCUT2D eigenvalue weighted by Gasteiger charge is 2.15. The normalized spacial score (nSPS) is 15.2. The Balaban J connectivity index is 1.71. The molecule has 2 N–H and O–H groups in total. The Bertz CT molecular complexity index is 1180. The van der Waals surface area contributed by atoms with Crippen LogP contribution in [0.1, 0.15) is 40.1 Å². The summed E-state index contributed by atoms with van der Waals surface area (Å²) in [5, 5.41) is 14.9. The molecule has 0 saturated heterocycles. The molecule has 0 spiro atoms. The van der Waals surface area contributed by atoms with Crippen molar-refractivity contribution in [1.82, 2.24) is 10.2 Å². The van der Waals surface area contributed by atoms with Gasteiger partial charge in [0.2, 0.25) is 5.96 Å². The number of nitrogens with two attached hydrogens (primary N) is 1. The fourth-order valence-electron chi connectivity index (χ4n) is 3.94. The molecule has 1 aliphatic heterocycles. The van der Waals surface area contributed by atoms with Gasteiger partial charge in [-0.15, -0.1) is 0 Å². The van der Waals surface area contributed by atoms with Gasteiger partial charge in [0, 0.05) is 19.0 Å². The van der Waals surface area contributed by atoms with Gasteiger partial charge in [0.25, 0.3) is 0 Å². The summed E-state index contributed by atoms with van der Waals surface area (Å²) in [6.07, 6.45) is 3.27. The Morgan fingerprint density at radius 3 is 2.75 bits per heavy atom. The summed E-state index contributed by atoms with van der Waals surface area (Å²) in [4.78, 5) is 10.3. The van der Waals surface area contributed by atoms with Gasteiger partial charge >= 0.3 is 0 Å². The van der Waals surface area contributed by atoms with E-state index in [-0.39, 0.29) is 0 Å². The lowest BCUT2D eigenvalue weighted by Gasteiger charge is -2.18. The van der Waals surface area contributed by atoms with Crippen molar-refractivity contribution in [3.05, 3.63) is 76.2 Å². The summed E-state index contributed by atoms with van der Waals surface area (Å²) >= 11 is 0. The molecule has 0 fully saturated rings. The predicted molar refractivity (Wildman–Crippen MR) is 123 cm³/mol. The molecule has 1 aromatic heterocycles. The van der Waals surface area contributed by atoms with Crippen LogP contribution in [0.3, 0.4) is 0 Å². The lowest BCUT2D eigenvalue weighted by Crippen LogP contribution is -2.34. The van der Waals surface area contributed by atoms with Crippen molar-refractivity contribution in [2.75, 3.05) is 13.7 Å². The van der Waals surface area contributed by atoms with Gasteiger partial charge in [-0.2, -0.15) is 5.26 Å². The fraction of sp³-hybridized carbons (Fsp3) is 0.320. The molecule has 0 bridgehead atoms. The standard InChI is InChI=1S/C25H27N5O2/c1-17-23-11-10-19-8-9-21(20-6-3-5-18(13-20)15-26)14-22(19)16-28-25(27)30(2)31-12-4-7-24(23)32-29-17/h3,5-6,8-9,13-14H,4,7,10-12,16H2,1-2H3,(H2,27,28). The monoisotopic (exact) mass is 429 g/mol. The maximum atomic E-state index is 9.25. The van der Waals surface area contributed by atoms with E-state index < -0.39 is 0 Å². The van der Waals surface area contributed by atoms with Gasteiger partial charge in [-0.05, 0) is 66.6 Å². The van der Waals surface area contributed by atoms with Crippen LogP contribution in [0.5, 0.6) is 0 Å². The van der Waals surface area contributed by atoms with Crippen molar-refractivity contribution < 1.29 is 9.36 Å². The molecule has 7 nitrogen and oxygen atoms in total. The maximum absolute atomic E-state index is 9.25. The second-order valence-corrected chi connectivity index (χ2v) is 7.95. The third-order valence-electron chi connectivity index (χ3n) is 5.81. The molecule has 0 atom stereocenters. The summed E-state index contributed by atoms with van der Waals surface area (Å²) in [6, 6.07) is 16.2. The lowest BCUT2D eigenvalue weighted by molar-refractivity contribution is -0.0818. The fourth-order valence-corrected chi connectivity index (χ4v) is 3.94. The number of hydroxylamine groups is 2. The van der Waals surface area contributed by atoms with Crippen molar-refractivity contribution in [2.24, 2.45) is 10.7 Å². The van der Waals surface area contributed by atoms with E-state index in [1.54, 1.807) is 7.05 Å². The molecule has 164 valence electrons. The second kappa shape index (κ2) is 9.67. The van der Waals surface area contributed by atoms with Gasteiger partial charge in [-0.3, -0.25) is 4.84 Å². The Morgan fingerprint density at radius 1 is 1.06 bits per heavy atom. The lowest BCUT2D eigenvalue weighted by atomic mass is 9.94. The highest BCUT2D eigenvalue weighted by Crippen LogP contribution is 2.26. The first-order valence-electron chi connectivity index (χ1n) is 10.8. The number of aromatic nitrogens is 1. The van der Waals surface area contributed by atoms with E-state index in [4.69, 9.17) is 15.1 Å². The molecule has 7 heteroatoms. The smallest absolute Gasteiger partial charge is 0.215 e. The zero-order valence-electron chi connectivity index (χ0n) is 18.5. The number of nitrogens with zero attached hydrogens (tertiary/aromatic N) is 4. The number of hydrogen-bond donors (Lipinski definition) is 1. The zero-order valence-corrected chi connectivity index (χ0v) is 18.5. The third kappa shape index (κ3) is 4.82. The minimum absolute atomic E-state index is 0.334. The quantitative estimate of drug-likeness (QED) is 0.629. The minimum Gasteiger partial charge on any atom is -0.368 e. The molecule has 2 aromatic carbocycles. The van der Waals surface area contributed by atoms with Crippen LogP contribution in [0.15, 0.2) is 52.0 Å². The van der Waals surface area contributed by atoms with Crippen LogP contribution in [0, 0.1) is 18.3 Å². The van der Waals surface area contributed by atoms with Gasteiger partial charge < -0.3 is 10.3 Å². The molecule has 0 amide bonds. The molecule has 4 rings (SSSR count). The van der Waals surface area contributed by atoms with Crippen LogP contribution in [-0.2, 0) is 30.6 Å². The number of benzene rings is 2. The summed E-state index contributed by atoms with van der Waals surface area (Å²) in [5.41, 5.74) is 13.2. The number of fused-ring (bicyclic) bond motifs is 2. The number of aryl methyl sites for hydroxylation is 3. The van der Waals surface area contributed by atoms with E-state index in [1.165, 1.54) is 16.2 Å². The van der Waals surface area contributed by atoms with Gasteiger partial charge in [0.15, 0.2) is 0 Å². The maximum Gasteiger partial charge on any atom is 0.215 e. The van der Waals surface area contributed by atoms with Crippen LogP contribution < -0.4 is 5.73 Å². The average molecular weight is 430 g/mol. The molecule has 2 heterocycles. The molecule has 0 unspecified atom stereocenters. The summed E-state index contributed by atoms with van der Waals surface area (Å²) in [5.74, 6) is 1.26. The van der Waals surface area contributed by atoms with E-state index in [2.05, 4.69) is 34.4 Å². The van der Waals surface area contributed by atoms with E-state index in [0.717, 1.165) is 53.8 Å². The van der Waals surface area contributed by atoms with Crippen LogP contribution in [0.4, 0.5) is 0 Å². The molecule has 1 aliphatic rings. The molecule has 0 saturated carbocycles. The summed E-state index contributed by atoms with van der Waals surface area (Å²) in [6.45, 7) is 2.95. The summed E-state index contributed by atoms with van der Waals surface area (Å²) in [7, 11) is 1.76. The minimum atomic E-state index is 0.334. The van der Waals surface area contributed by atoms with Crippen LogP contribution in [0.2, 0.25) is 0 Å². The van der Waals surface area contributed by atoms with Crippen LogP contribution >= 0.6 is 0 Å². The Morgan fingerprint density at radius 2 is 1.91 bits per heavy atom. The number of guanidine groups is 1. The van der Waals surface area contributed by atoms with E-state index >= 15 is 0 Å². The Hall–Kier alpha value is -3.63. The largest absolute Gasteiger partial charge is 0.368 e. The van der Waals surface area contributed by atoms with Crippen molar-refractivity contribution in [3.8, 4) is 17.2 Å². The predicted octanol–water partition coefficient (Wildman–Crippen LogP) is 3.93. The molecule has 3 aromatic rings. The van der Waals surface area contributed by atoms with Gasteiger partial charge in [-0.25, -0.2) is 10.1 Å². The van der Waals surface area contributed by atoms with E-state index in [1.807, 2.05) is 31.2 Å². The van der Waals surface area contributed by atoms with Gasteiger partial charge in [0.05, 0.1) is 30.5 Å². The van der Waals surface area contributed by atoms with Crippen molar-refractivity contribution in [1.29, 1.82) is 5.26 Å². The van der Waals surface area contributed by atoms with Crippen LogP contribution in [0.25, 0.3) is 11.1 Å². The van der Waals surface area contributed by atoms with Crippen molar-refractivity contribution in [2.45, 2.75) is 39.2 Å².